The van der Waals surface area contributed by atoms with E-state index in [0.29, 0.717) is 32.5 Å². The molecule has 18 heavy (non-hydrogen) atoms. The molecule has 1 heterocycles. The number of likely N-dealkylation sites (tertiary alicyclic amines) is 1. The molecule has 5 nitrogen and oxygen atoms in total. The molecule has 1 saturated heterocycles. The highest BCUT2D eigenvalue weighted by atomic mass is 16.4. The molecular weight excluding hydrogens is 232 g/mol. The van der Waals surface area contributed by atoms with Crippen molar-refractivity contribution in [3.63, 3.8) is 0 Å². The van der Waals surface area contributed by atoms with Crippen LogP contribution < -0.4 is 5.32 Å². The van der Waals surface area contributed by atoms with Crippen LogP contribution in [0.1, 0.15) is 26.7 Å². The van der Waals surface area contributed by atoms with Crippen LogP contribution in [0.3, 0.4) is 0 Å². The molecule has 0 saturated carbocycles. The summed E-state index contributed by atoms with van der Waals surface area (Å²) in [6.07, 6.45) is 2.81. The van der Waals surface area contributed by atoms with Crippen molar-refractivity contribution in [1.29, 1.82) is 0 Å². The van der Waals surface area contributed by atoms with Gasteiger partial charge in [-0.3, -0.25) is 14.5 Å². The molecule has 1 unspecified atom stereocenters. The van der Waals surface area contributed by atoms with Gasteiger partial charge in [0.25, 0.3) is 0 Å². The molecule has 1 fully saturated rings. The van der Waals surface area contributed by atoms with Crippen LogP contribution in [0.4, 0.5) is 0 Å². The lowest BCUT2D eigenvalue weighted by atomic mass is 9.80. The van der Waals surface area contributed by atoms with Crippen molar-refractivity contribution in [3.05, 3.63) is 12.7 Å². The maximum Gasteiger partial charge on any atom is 0.309 e. The number of carbonyl (C=O) groups is 2. The summed E-state index contributed by atoms with van der Waals surface area (Å²) in [6.45, 7) is 8.92. The van der Waals surface area contributed by atoms with Crippen molar-refractivity contribution in [1.82, 2.24) is 10.2 Å². The van der Waals surface area contributed by atoms with Gasteiger partial charge in [-0.15, -0.1) is 6.58 Å². The molecule has 1 rings (SSSR count). The topological polar surface area (TPSA) is 69.6 Å². The van der Waals surface area contributed by atoms with E-state index < -0.39 is 11.4 Å². The highest BCUT2D eigenvalue weighted by molar-refractivity contribution is 5.81. The second-order valence-electron chi connectivity index (χ2n) is 5.11. The van der Waals surface area contributed by atoms with Crippen molar-refractivity contribution >= 4 is 11.9 Å². The lowest BCUT2D eigenvalue weighted by Gasteiger charge is -2.38. The van der Waals surface area contributed by atoms with Crippen LogP contribution in [0.25, 0.3) is 0 Å². The van der Waals surface area contributed by atoms with E-state index in [1.807, 2.05) is 11.8 Å². The van der Waals surface area contributed by atoms with Crippen LogP contribution in [0, 0.1) is 5.41 Å². The van der Waals surface area contributed by atoms with Crippen LogP contribution in [0.2, 0.25) is 0 Å². The quantitative estimate of drug-likeness (QED) is 0.714. The number of carboxylic acids is 1. The molecule has 1 aliphatic rings. The summed E-state index contributed by atoms with van der Waals surface area (Å²) in [6, 6.07) is -0.219. The van der Waals surface area contributed by atoms with Gasteiger partial charge in [0.1, 0.15) is 0 Å². The van der Waals surface area contributed by atoms with Crippen molar-refractivity contribution in [3.8, 4) is 0 Å². The van der Waals surface area contributed by atoms with Gasteiger partial charge in [-0.2, -0.15) is 0 Å². The predicted molar refractivity (Wildman–Crippen MR) is 69.2 cm³/mol. The van der Waals surface area contributed by atoms with Crippen LogP contribution >= 0.6 is 0 Å². The zero-order valence-corrected chi connectivity index (χ0v) is 11.1. The number of nitrogens with zero attached hydrogens (tertiary/aromatic N) is 1. The summed E-state index contributed by atoms with van der Waals surface area (Å²) in [4.78, 5) is 24.9. The normalized spacial score (nSPS) is 21.0. The van der Waals surface area contributed by atoms with Crippen LogP contribution in [-0.2, 0) is 9.59 Å². The lowest BCUT2D eigenvalue weighted by Crippen LogP contribution is -2.51. The Morgan fingerprint density at radius 2 is 2.06 bits per heavy atom. The first-order valence-electron chi connectivity index (χ1n) is 6.27. The van der Waals surface area contributed by atoms with Gasteiger partial charge in [-0.25, -0.2) is 0 Å². The number of carboxylic acid groups (broad SMARTS) is 1. The van der Waals surface area contributed by atoms with Gasteiger partial charge in [0.15, 0.2) is 0 Å². The first kappa shape index (κ1) is 14.7. The summed E-state index contributed by atoms with van der Waals surface area (Å²) in [7, 11) is 0. The molecule has 1 amide bonds. The summed E-state index contributed by atoms with van der Waals surface area (Å²) in [5.74, 6) is -0.778. The largest absolute Gasteiger partial charge is 0.481 e. The van der Waals surface area contributed by atoms with Gasteiger partial charge in [0, 0.05) is 6.54 Å². The van der Waals surface area contributed by atoms with Crippen molar-refractivity contribution in [2.45, 2.75) is 32.7 Å². The maximum absolute atomic E-state index is 11.8. The Hall–Kier alpha value is -1.36. The molecule has 102 valence electrons. The van der Waals surface area contributed by atoms with Gasteiger partial charge < -0.3 is 10.4 Å². The van der Waals surface area contributed by atoms with E-state index in [1.165, 1.54) is 0 Å². The first-order valence-corrected chi connectivity index (χ1v) is 6.27. The van der Waals surface area contributed by atoms with Crippen LogP contribution in [0.15, 0.2) is 12.7 Å². The molecule has 0 spiro atoms. The van der Waals surface area contributed by atoms with E-state index in [4.69, 9.17) is 5.11 Å². The third-order valence-corrected chi connectivity index (χ3v) is 3.77. The summed E-state index contributed by atoms with van der Waals surface area (Å²) in [5, 5.41) is 11.9. The minimum absolute atomic E-state index is 0.0335. The minimum atomic E-state index is -0.745. The maximum atomic E-state index is 11.8. The fourth-order valence-electron chi connectivity index (χ4n) is 2.10. The Bertz CT molecular complexity index is 333. The molecule has 1 atom stereocenters. The fraction of sp³-hybridized carbons (Fsp3) is 0.692. The lowest BCUT2D eigenvalue weighted by molar-refractivity contribution is -0.151. The van der Waals surface area contributed by atoms with Gasteiger partial charge in [0.2, 0.25) is 5.91 Å². The monoisotopic (exact) mass is 254 g/mol. The number of hydrogen-bond acceptors (Lipinski definition) is 3. The number of aliphatic carboxylic acids is 1. The number of piperidine rings is 1. The third kappa shape index (κ3) is 3.32. The summed E-state index contributed by atoms with van der Waals surface area (Å²) >= 11 is 0. The molecule has 0 aromatic rings. The highest BCUT2D eigenvalue weighted by Gasteiger charge is 2.38. The van der Waals surface area contributed by atoms with Crippen molar-refractivity contribution in [2.24, 2.45) is 5.41 Å². The van der Waals surface area contributed by atoms with Crippen molar-refractivity contribution < 1.29 is 14.7 Å². The molecule has 0 aliphatic carbocycles. The summed E-state index contributed by atoms with van der Waals surface area (Å²) in [5.41, 5.74) is -0.645. The third-order valence-electron chi connectivity index (χ3n) is 3.77. The number of nitrogens with one attached hydrogen (secondary N) is 1. The van der Waals surface area contributed by atoms with Crippen LogP contribution in [-0.4, -0.2) is 47.6 Å². The molecule has 1 aliphatic heterocycles. The van der Waals surface area contributed by atoms with Gasteiger partial charge in [-0.05, 0) is 39.8 Å². The van der Waals surface area contributed by atoms with E-state index >= 15 is 0 Å². The van der Waals surface area contributed by atoms with E-state index in [9.17, 15) is 9.59 Å². The molecule has 0 aromatic carbocycles. The number of carbonyl (C=O) groups excluding carboxylic acids is 1. The molecule has 0 radical (unpaired) electrons. The number of rotatable bonds is 5. The Kier molecular flexibility index (Phi) is 4.90. The molecule has 2 N–H and O–H groups in total. The van der Waals surface area contributed by atoms with Crippen molar-refractivity contribution in [2.75, 3.05) is 19.6 Å². The second-order valence-corrected chi connectivity index (χ2v) is 5.11. The van der Waals surface area contributed by atoms with Gasteiger partial charge >= 0.3 is 5.97 Å². The molecule has 5 heteroatoms. The average molecular weight is 254 g/mol. The first-order chi connectivity index (χ1) is 8.40. The van der Waals surface area contributed by atoms with E-state index in [0.717, 1.165) is 0 Å². The average Bonchev–Trinajstić information content (AvgIpc) is 2.35. The molecule has 0 aromatic heterocycles. The van der Waals surface area contributed by atoms with Gasteiger partial charge in [0.05, 0.1) is 11.5 Å². The highest BCUT2D eigenvalue weighted by Crippen LogP contribution is 2.31. The Balaban J connectivity index is 2.49. The molecular formula is C13H22N2O3. The van der Waals surface area contributed by atoms with Crippen LogP contribution in [0.5, 0.6) is 0 Å². The number of amides is 1. The zero-order chi connectivity index (χ0) is 13.8. The fourth-order valence-corrected chi connectivity index (χ4v) is 2.10. The Labute approximate surface area is 108 Å². The minimum Gasteiger partial charge on any atom is -0.481 e. The predicted octanol–water partition coefficient (Wildman–Crippen LogP) is 0.864. The SMILES string of the molecule is C=CCNC(=O)C(C)N1CCC(C)(C(=O)O)CC1. The Morgan fingerprint density at radius 3 is 2.50 bits per heavy atom. The Morgan fingerprint density at radius 1 is 1.50 bits per heavy atom. The standard InChI is InChI=1S/C13H22N2O3/c1-4-7-14-11(16)10(2)15-8-5-13(3,6-9-15)12(17)18/h4,10H,1,5-9H2,2-3H3,(H,14,16)(H,17,18). The van der Waals surface area contributed by atoms with E-state index in [-0.39, 0.29) is 11.9 Å². The zero-order valence-electron chi connectivity index (χ0n) is 11.1. The van der Waals surface area contributed by atoms with E-state index in [1.54, 1.807) is 13.0 Å². The molecule has 0 bridgehead atoms. The smallest absolute Gasteiger partial charge is 0.309 e. The summed E-state index contributed by atoms with van der Waals surface area (Å²) < 4.78 is 0. The number of hydrogen-bond donors (Lipinski definition) is 2. The second kappa shape index (κ2) is 6.00. The van der Waals surface area contributed by atoms with Gasteiger partial charge in [-0.1, -0.05) is 6.08 Å². The van der Waals surface area contributed by atoms with E-state index in [2.05, 4.69) is 11.9 Å².